The van der Waals surface area contributed by atoms with Gasteiger partial charge in [-0.2, -0.15) is 0 Å². The third-order valence-electron chi connectivity index (χ3n) is 2.43. The average molecular weight is 297 g/mol. The van der Waals surface area contributed by atoms with E-state index in [4.69, 9.17) is 23.2 Å². The van der Waals surface area contributed by atoms with E-state index in [0.717, 1.165) is 24.5 Å². The lowest BCUT2D eigenvalue weighted by atomic mass is 10.3. The Hall–Kier alpha value is -1.39. The first kappa shape index (κ1) is 14.0. The van der Waals surface area contributed by atoms with Crippen LogP contribution in [-0.2, 0) is 0 Å². The average Bonchev–Trinajstić information content (AvgIpc) is 2.35. The van der Waals surface area contributed by atoms with E-state index in [1.165, 1.54) is 6.20 Å². The predicted octanol–water partition coefficient (Wildman–Crippen LogP) is 3.98. The monoisotopic (exact) mass is 296 g/mol. The number of hydrogen-bond donors (Lipinski definition) is 1. The number of aromatic nitrogens is 3. The second-order valence-electron chi connectivity index (χ2n) is 4.13. The van der Waals surface area contributed by atoms with Crippen molar-refractivity contribution in [2.75, 3.05) is 11.9 Å². The lowest BCUT2D eigenvalue weighted by Gasteiger charge is -2.08. The van der Waals surface area contributed by atoms with Gasteiger partial charge in [0.05, 0.1) is 10.0 Å². The van der Waals surface area contributed by atoms with Gasteiger partial charge in [0, 0.05) is 24.5 Å². The molecule has 2 aromatic heterocycles. The summed E-state index contributed by atoms with van der Waals surface area (Å²) in [6.07, 6.45) is 2.56. The van der Waals surface area contributed by atoms with E-state index in [-0.39, 0.29) is 0 Å². The molecule has 2 aromatic rings. The number of aryl methyl sites for hydroxylation is 1. The van der Waals surface area contributed by atoms with Crippen molar-refractivity contribution in [2.24, 2.45) is 0 Å². The number of anilines is 1. The van der Waals surface area contributed by atoms with E-state index < -0.39 is 0 Å². The van der Waals surface area contributed by atoms with E-state index >= 15 is 0 Å². The Labute approximate surface area is 122 Å². The van der Waals surface area contributed by atoms with Crippen LogP contribution in [0, 0.1) is 6.92 Å². The van der Waals surface area contributed by atoms with E-state index in [1.807, 2.05) is 13.0 Å². The maximum atomic E-state index is 6.13. The van der Waals surface area contributed by atoms with Gasteiger partial charge in [0.1, 0.15) is 11.5 Å². The van der Waals surface area contributed by atoms with Gasteiger partial charge in [0.25, 0.3) is 0 Å². The molecule has 0 atom stereocenters. The Balaban J connectivity index is 2.41. The second-order valence-corrected chi connectivity index (χ2v) is 4.97. The van der Waals surface area contributed by atoms with E-state index in [9.17, 15) is 0 Å². The van der Waals surface area contributed by atoms with Gasteiger partial charge in [-0.1, -0.05) is 30.1 Å². The molecule has 0 amide bonds. The molecule has 2 rings (SSSR count). The quantitative estimate of drug-likeness (QED) is 0.927. The zero-order chi connectivity index (χ0) is 13.8. The minimum absolute atomic E-state index is 0.444. The molecule has 1 N–H and O–H groups in total. The topological polar surface area (TPSA) is 50.7 Å². The molecule has 0 aliphatic carbocycles. The minimum Gasteiger partial charge on any atom is -0.370 e. The minimum atomic E-state index is 0.444. The molecule has 0 aliphatic rings. The SMILES string of the molecule is CCCNc1cc(C)nc(-c2ncc(Cl)cc2Cl)n1. The van der Waals surface area contributed by atoms with Crippen LogP contribution < -0.4 is 5.32 Å². The molecule has 6 heteroatoms. The summed E-state index contributed by atoms with van der Waals surface area (Å²) in [7, 11) is 0. The van der Waals surface area contributed by atoms with Crippen LogP contribution in [0.3, 0.4) is 0 Å². The van der Waals surface area contributed by atoms with Crippen molar-refractivity contribution in [3.63, 3.8) is 0 Å². The van der Waals surface area contributed by atoms with Gasteiger partial charge >= 0.3 is 0 Å². The van der Waals surface area contributed by atoms with Gasteiger partial charge in [0.15, 0.2) is 5.82 Å². The van der Waals surface area contributed by atoms with Crippen LogP contribution in [-0.4, -0.2) is 21.5 Å². The van der Waals surface area contributed by atoms with E-state index in [2.05, 4.69) is 27.2 Å². The Morgan fingerprint density at radius 1 is 1.21 bits per heavy atom. The second kappa shape index (κ2) is 6.17. The predicted molar refractivity (Wildman–Crippen MR) is 78.8 cm³/mol. The van der Waals surface area contributed by atoms with Crippen molar-refractivity contribution < 1.29 is 0 Å². The van der Waals surface area contributed by atoms with Crippen LogP contribution in [0.15, 0.2) is 18.3 Å². The molecule has 100 valence electrons. The molecule has 0 bridgehead atoms. The summed E-state index contributed by atoms with van der Waals surface area (Å²) in [5.41, 5.74) is 1.39. The highest BCUT2D eigenvalue weighted by Gasteiger charge is 2.11. The van der Waals surface area contributed by atoms with Gasteiger partial charge in [-0.05, 0) is 19.4 Å². The molecule has 0 unspecified atom stereocenters. The highest BCUT2D eigenvalue weighted by molar-refractivity contribution is 6.35. The van der Waals surface area contributed by atoms with Crippen LogP contribution in [0.25, 0.3) is 11.5 Å². The Morgan fingerprint density at radius 2 is 2.00 bits per heavy atom. The summed E-state index contributed by atoms with van der Waals surface area (Å²) in [5.74, 6) is 1.28. The Bertz CT molecular complexity index is 587. The summed E-state index contributed by atoms with van der Waals surface area (Å²) in [5, 5.41) is 4.16. The summed E-state index contributed by atoms with van der Waals surface area (Å²) in [4.78, 5) is 13.0. The van der Waals surface area contributed by atoms with Crippen LogP contribution in [0.5, 0.6) is 0 Å². The summed E-state index contributed by atoms with van der Waals surface area (Å²) in [6.45, 7) is 4.86. The fourth-order valence-electron chi connectivity index (χ4n) is 1.60. The van der Waals surface area contributed by atoms with Crippen LogP contribution in [0.4, 0.5) is 5.82 Å². The van der Waals surface area contributed by atoms with Gasteiger partial charge in [-0.25, -0.2) is 15.0 Å². The Morgan fingerprint density at radius 3 is 2.68 bits per heavy atom. The number of rotatable bonds is 4. The molecule has 0 spiro atoms. The van der Waals surface area contributed by atoms with Crippen molar-refractivity contribution >= 4 is 29.0 Å². The third-order valence-corrected chi connectivity index (χ3v) is 2.92. The normalized spacial score (nSPS) is 10.5. The first-order valence-corrected chi connectivity index (χ1v) is 6.76. The summed E-state index contributed by atoms with van der Waals surface area (Å²) in [6, 6.07) is 3.53. The number of nitrogens with zero attached hydrogens (tertiary/aromatic N) is 3. The molecule has 2 heterocycles. The fraction of sp³-hybridized carbons (Fsp3) is 0.308. The highest BCUT2D eigenvalue weighted by atomic mass is 35.5. The third kappa shape index (κ3) is 3.55. The Kier molecular flexibility index (Phi) is 4.56. The van der Waals surface area contributed by atoms with Crippen molar-refractivity contribution in [2.45, 2.75) is 20.3 Å². The lowest BCUT2D eigenvalue weighted by Crippen LogP contribution is -2.05. The molecular weight excluding hydrogens is 283 g/mol. The molecule has 4 nitrogen and oxygen atoms in total. The molecule has 0 radical (unpaired) electrons. The number of halogens is 2. The summed E-state index contributed by atoms with van der Waals surface area (Å²) < 4.78 is 0. The first-order valence-electron chi connectivity index (χ1n) is 6.01. The van der Waals surface area contributed by atoms with Gasteiger partial charge in [-0.3, -0.25) is 0 Å². The molecule has 0 fully saturated rings. The molecule has 19 heavy (non-hydrogen) atoms. The zero-order valence-electron chi connectivity index (χ0n) is 10.7. The standard InChI is InChI=1S/C13H14Cl2N4/c1-3-4-16-11-5-8(2)18-13(19-11)12-10(15)6-9(14)7-17-12/h5-7H,3-4H2,1-2H3,(H,16,18,19). The maximum Gasteiger partial charge on any atom is 0.181 e. The molecular formula is C13H14Cl2N4. The van der Waals surface area contributed by atoms with Crippen LogP contribution >= 0.6 is 23.2 Å². The van der Waals surface area contributed by atoms with Crippen molar-refractivity contribution in [1.29, 1.82) is 0 Å². The molecule has 0 aliphatic heterocycles. The van der Waals surface area contributed by atoms with E-state index in [0.29, 0.717) is 21.6 Å². The molecule has 0 aromatic carbocycles. The number of hydrogen-bond acceptors (Lipinski definition) is 4. The number of pyridine rings is 1. The zero-order valence-corrected chi connectivity index (χ0v) is 12.3. The first-order chi connectivity index (χ1) is 9.10. The van der Waals surface area contributed by atoms with Crippen molar-refractivity contribution in [3.8, 4) is 11.5 Å². The van der Waals surface area contributed by atoms with Crippen molar-refractivity contribution in [1.82, 2.24) is 15.0 Å². The number of nitrogens with one attached hydrogen (secondary N) is 1. The van der Waals surface area contributed by atoms with Gasteiger partial charge in [0.2, 0.25) is 0 Å². The van der Waals surface area contributed by atoms with E-state index in [1.54, 1.807) is 6.07 Å². The van der Waals surface area contributed by atoms with Crippen LogP contribution in [0.2, 0.25) is 10.0 Å². The molecule has 0 saturated heterocycles. The fourth-order valence-corrected chi connectivity index (χ4v) is 2.06. The van der Waals surface area contributed by atoms with Crippen LogP contribution in [0.1, 0.15) is 19.0 Å². The molecule has 0 saturated carbocycles. The summed E-state index contributed by atoms with van der Waals surface area (Å²) >= 11 is 12.0. The largest absolute Gasteiger partial charge is 0.370 e. The van der Waals surface area contributed by atoms with Crippen molar-refractivity contribution in [3.05, 3.63) is 34.1 Å². The highest BCUT2D eigenvalue weighted by Crippen LogP contribution is 2.26. The van der Waals surface area contributed by atoms with Gasteiger partial charge in [-0.15, -0.1) is 0 Å². The van der Waals surface area contributed by atoms with Gasteiger partial charge < -0.3 is 5.32 Å². The smallest absolute Gasteiger partial charge is 0.181 e. The maximum absolute atomic E-state index is 6.13. The lowest BCUT2D eigenvalue weighted by molar-refractivity contribution is 0.961.